The van der Waals surface area contributed by atoms with Crippen LogP contribution < -0.4 is 0 Å². The molecule has 1 aliphatic carbocycles. The van der Waals surface area contributed by atoms with Gasteiger partial charge in [-0.1, -0.05) is 20.8 Å². The molecule has 1 heterocycles. The predicted molar refractivity (Wildman–Crippen MR) is 104 cm³/mol. The summed E-state index contributed by atoms with van der Waals surface area (Å²) in [5.74, 6) is -0.809. The summed E-state index contributed by atoms with van der Waals surface area (Å²) < 4.78 is 44.0. The predicted octanol–water partition coefficient (Wildman–Crippen LogP) is 5.29. The van der Waals surface area contributed by atoms with E-state index in [4.69, 9.17) is 4.98 Å². The van der Waals surface area contributed by atoms with E-state index in [0.29, 0.717) is 31.6 Å². The monoisotopic (exact) mass is 414 g/mol. The zero-order valence-electron chi connectivity index (χ0n) is 16.2. The van der Waals surface area contributed by atoms with Crippen LogP contribution in [0.15, 0.2) is 23.1 Å². The van der Waals surface area contributed by atoms with E-state index >= 15 is 0 Å². The molecule has 1 fully saturated rings. The molecule has 0 saturated heterocycles. The molecule has 0 amide bonds. The van der Waals surface area contributed by atoms with Crippen molar-refractivity contribution in [3.63, 3.8) is 0 Å². The first-order chi connectivity index (χ1) is 12.9. The van der Waals surface area contributed by atoms with Crippen LogP contribution in [0.5, 0.6) is 0 Å². The fraction of sp³-hybridized carbons (Fsp3) is 0.600. The lowest BCUT2D eigenvalue weighted by Crippen LogP contribution is -2.33. The van der Waals surface area contributed by atoms with Gasteiger partial charge < -0.3 is 9.30 Å². The lowest BCUT2D eigenvalue weighted by molar-refractivity contribution is -0.206. The van der Waals surface area contributed by atoms with E-state index < -0.39 is 18.2 Å². The smallest absolute Gasteiger partial charge is 0.456 e. The highest BCUT2D eigenvalue weighted by atomic mass is 32.1. The lowest BCUT2D eigenvalue weighted by Gasteiger charge is -2.30. The van der Waals surface area contributed by atoms with Gasteiger partial charge in [-0.15, -0.1) is 12.6 Å². The molecule has 1 aromatic carbocycles. The third-order valence-corrected chi connectivity index (χ3v) is 5.42. The quantitative estimate of drug-likeness (QED) is 0.548. The lowest BCUT2D eigenvalue weighted by atomic mass is 9.87. The summed E-state index contributed by atoms with van der Waals surface area (Å²) in [5.41, 5.74) is 1.79. The van der Waals surface area contributed by atoms with Gasteiger partial charge in [0, 0.05) is 16.9 Å². The Balaban J connectivity index is 1.73. The molecule has 0 spiro atoms. The summed E-state index contributed by atoms with van der Waals surface area (Å²) in [6.45, 7) is 7.08. The molecular weight excluding hydrogens is 389 g/mol. The largest absolute Gasteiger partial charge is 0.490 e. The van der Waals surface area contributed by atoms with Gasteiger partial charge in [0.15, 0.2) is 0 Å². The Morgan fingerprint density at radius 1 is 1.21 bits per heavy atom. The molecule has 28 heavy (non-hydrogen) atoms. The van der Waals surface area contributed by atoms with E-state index in [1.165, 1.54) is 0 Å². The summed E-state index contributed by atoms with van der Waals surface area (Å²) in [4.78, 5) is 16.7. The van der Waals surface area contributed by atoms with Gasteiger partial charge in [-0.05, 0) is 49.8 Å². The van der Waals surface area contributed by atoms with Crippen LogP contribution in [0.4, 0.5) is 13.2 Å². The number of alkyl halides is 3. The maximum Gasteiger partial charge on any atom is 0.490 e. The van der Waals surface area contributed by atoms with Crippen molar-refractivity contribution in [2.75, 3.05) is 0 Å². The van der Waals surface area contributed by atoms with Gasteiger partial charge in [0.05, 0.1) is 11.0 Å². The van der Waals surface area contributed by atoms with Crippen LogP contribution in [0.2, 0.25) is 0 Å². The van der Waals surface area contributed by atoms with E-state index in [0.717, 1.165) is 28.3 Å². The summed E-state index contributed by atoms with van der Waals surface area (Å²) in [5, 5.41) is 0. The van der Waals surface area contributed by atoms with Gasteiger partial charge >= 0.3 is 12.1 Å². The number of benzene rings is 1. The van der Waals surface area contributed by atoms with E-state index in [2.05, 4.69) is 42.7 Å². The van der Waals surface area contributed by atoms with Gasteiger partial charge in [0.1, 0.15) is 11.9 Å². The molecule has 1 aromatic heterocycles. The maximum atomic E-state index is 12.4. The second-order valence-electron chi connectivity index (χ2n) is 8.51. The van der Waals surface area contributed by atoms with Crippen molar-refractivity contribution in [1.29, 1.82) is 0 Å². The number of halogens is 3. The van der Waals surface area contributed by atoms with E-state index in [9.17, 15) is 18.0 Å². The van der Waals surface area contributed by atoms with Gasteiger partial charge in [0.2, 0.25) is 0 Å². The molecule has 1 aliphatic rings. The number of rotatable bonds is 3. The van der Waals surface area contributed by atoms with Gasteiger partial charge in [-0.3, -0.25) is 0 Å². The number of carbonyl (C=O) groups is 1. The molecule has 1 saturated carbocycles. The highest BCUT2D eigenvalue weighted by Crippen LogP contribution is 2.33. The number of hydrogen-bond donors (Lipinski definition) is 1. The molecule has 4 nitrogen and oxygen atoms in total. The Labute approximate surface area is 167 Å². The first-order valence-electron chi connectivity index (χ1n) is 9.42. The number of ether oxygens (including phenoxy) is 1. The normalized spacial score (nSPS) is 21.1. The Bertz CT molecular complexity index is 863. The van der Waals surface area contributed by atoms with Gasteiger partial charge in [0.25, 0.3) is 0 Å². The summed E-state index contributed by atoms with van der Waals surface area (Å²) in [7, 11) is 0. The molecule has 0 unspecified atom stereocenters. The number of thiol groups is 1. The number of aromatic nitrogens is 2. The zero-order valence-corrected chi connectivity index (χ0v) is 17.1. The molecule has 0 radical (unpaired) electrons. The zero-order chi connectivity index (χ0) is 20.7. The van der Waals surface area contributed by atoms with Crippen LogP contribution >= 0.6 is 12.6 Å². The topological polar surface area (TPSA) is 44.1 Å². The molecular formula is C20H25F3N2O2S. The number of imidazole rings is 1. The number of carbonyl (C=O) groups excluding carboxylic acids is 1. The molecule has 3 rings (SSSR count). The van der Waals surface area contributed by atoms with E-state index in [1.807, 2.05) is 18.2 Å². The SMILES string of the molecule is CC(C)(C)c1nc2cc(S)ccc2n1CC1CCC(OC(=O)C(F)(F)F)CC1. The minimum Gasteiger partial charge on any atom is -0.456 e. The summed E-state index contributed by atoms with van der Waals surface area (Å²) in [6, 6.07) is 5.89. The molecule has 0 atom stereocenters. The third-order valence-electron chi connectivity index (χ3n) is 5.14. The Morgan fingerprint density at radius 3 is 2.43 bits per heavy atom. The van der Waals surface area contributed by atoms with E-state index in [1.54, 1.807) is 0 Å². The minimum atomic E-state index is -4.93. The van der Waals surface area contributed by atoms with Gasteiger partial charge in [-0.2, -0.15) is 13.2 Å². The standard InChI is InChI=1S/C20H25F3N2O2S/c1-19(2,3)17-24-15-10-14(28)8-9-16(15)25(17)11-12-4-6-13(7-5-12)27-18(26)20(21,22)23/h8-10,12-13,28H,4-7,11H2,1-3H3. The molecule has 154 valence electrons. The average Bonchev–Trinajstić information content (AvgIpc) is 2.93. The molecule has 0 aliphatic heterocycles. The first kappa shape index (κ1) is 21.0. The highest BCUT2D eigenvalue weighted by molar-refractivity contribution is 7.80. The van der Waals surface area contributed by atoms with Crippen molar-refractivity contribution in [1.82, 2.24) is 9.55 Å². The van der Waals surface area contributed by atoms with Crippen LogP contribution in [-0.2, 0) is 21.5 Å². The number of nitrogens with zero attached hydrogens (tertiary/aromatic N) is 2. The molecule has 0 N–H and O–H groups in total. The van der Waals surface area contributed by atoms with Crippen LogP contribution in [-0.4, -0.2) is 27.8 Å². The molecule has 0 bridgehead atoms. The Kier molecular flexibility index (Phi) is 5.71. The maximum absolute atomic E-state index is 12.4. The van der Waals surface area contributed by atoms with Crippen LogP contribution in [0.25, 0.3) is 11.0 Å². The number of fused-ring (bicyclic) bond motifs is 1. The number of hydrogen-bond acceptors (Lipinski definition) is 4. The number of esters is 1. The third kappa shape index (κ3) is 4.64. The highest BCUT2D eigenvalue weighted by Gasteiger charge is 2.42. The average molecular weight is 414 g/mol. The Hall–Kier alpha value is -1.70. The van der Waals surface area contributed by atoms with Crippen molar-refractivity contribution in [2.24, 2.45) is 5.92 Å². The van der Waals surface area contributed by atoms with Crippen molar-refractivity contribution in [2.45, 2.75) is 75.6 Å². The van der Waals surface area contributed by atoms with Crippen molar-refractivity contribution < 1.29 is 22.7 Å². The summed E-state index contributed by atoms with van der Waals surface area (Å²) in [6.07, 6.45) is -3.26. The van der Waals surface area contributed by atoms with Crippen molar-refractivity contribution in [3.8, 4) is 0 Å². The van der Waals surface area contributed by atoms with E-state index in [-0.39, 0.29) is 5.41 Å². The van der Waals surface area contributed by atoms with Crippen LogP contribution in [0, 0.1) is 5.92 Å². The second kappa shape index (κ2) is 7.61. The fourth-order valence-electron chi connectivity index (χ4n) is 3.78. The van der Waals surface area contributed by atoms with Gasteiger partial charge in [-0.25, -0.2) is 9.78 Å². The first-order valence-corrected chi connectivity index (χ1v) is 9.87. The molecule has 8 heteroatoms. The Morgan fingerprint density at radius 2 is 1.86 bits per heavy atom. The summed E-state index contributed by atoms with van der Waals surface area (Å²) >= 11 is 4.39. The fourth-order valence-corrected chi connectivity index (χ4v) is 3.98. The second-order valence-corrected chi connectivity index (χ2v) is 9.03. The van der Waals surface area contributed by atoms with Crippen molar-refractivity contribution >= 4 is 29.6 Å². The minimum absolute atomic E-state index is 0.144. The molecule has 2 aromatic rings. The van der Waals surface area contributed by atoms with Crippen LogP contribution in [0.3, 0.4) is 0 Å². The van der Waals surface area contributed by atoms with Crippen molar-refractivity contribution in [3.05, 3.63) is 24.0 Å². The van der Waals surface area contributed by atoms with Crippen LogP contribution in [0.1, 0.15) is 52.3 Å².